The lowest BCUT2D eigenvalue weighted by Gasteiger charge is -2.08. The average molecular weight is 349 g/mol. The number of carbonyl (C=O) groups excluding carboxylic acids is 1. The lowest BCUT2D eigenvalue weighted by molar-refractivity contribution is -0.118. The Morgan fingerprint density at radius 1 is 1.04 bits per heavy atom. The number of thioether (sulfide) groups is 1. The van der Waals surface area contributed by atoms with E-state index >= 15 is 0 Å². The zero-order valence-corrected chi connectivity index (χ0v) is 14.7. The molecule has 2 aromatic rings. The highest BCUT2D eigenvalue weighted by Gasteiger charge is 2.17. The molecule has 0 aliphatic rings. The Balaban J connectivity index is 1.92. The molecule has 2 rings (SSSR count). The molecule has 0 aromatic heterocycles. The molecule has 4 nitrogen and oxygen atoms in total. The summed E-state index contributed by atoms with van der Waals surface area (Å²) in [6, 6.07) is 14.5. The average Bonchev–Trinajstić information content (AvgIpc) is 2.50. The van der Waals surface area contributed by atoms with Crippen molar-refractivity contribution in [2.45, 2.75) is 30.1 Å². The second-order valence-corrected chi connectivity index (χ2v) is 8.04. The Morgan fingerprint density at radius 3 is 2.39 bits per heavy atom. The Labute approximate surface area is 141 Å². The minimum absolute atomic E-state index is 0.115. The van der Waals surface area contributed by atoms with E-state index in [4.69, 9.17) is 0 Å². The molecule has 1 amide bonds. The summed E-state index contributed by atoms with van der Waals surface area (Å²) in [6.45, 7) is 3.75. The summed E-state index contributed by atoms with van der Waals surface area (Å²) in [4.78, 5) is 13.0. The van der Waals surface area contributed by atoms with Crippen LogP contribution < -0.4 is 4.72 Å². The third-order valence-electron chi connectivity index (χ3n) is 3.38. The van der Waals surface area contributed by atoms with Gasteiger partial charge in [0.15, 0.2) is 0 Å². The van der Waals surface area contributed by atoms with E-state index in [2.05, 4.69) is 4.72 Å². The zero-order valence-electron chi connectivity index (χ0n) is 13.1. The molecule has 0 atom stereocenters. The summed E-state index contributed by atoms with van der Waals surface area (Å²) in [5.41, 5.74) is 1.88. The highest BCUT2D eigenvalue weighted by Crippen LogP contribution is 2.18. The Kier molecular flexibility index (Phi) is 5.85. The van der Waals surface area contributed by atoms with Crippen LogP contribution in [0.4, 0.5) is 0 Å². The van der Waals surface area contributed by atoms with Crippen molar-refractivity contribution in [2.75, 3.05) is 5.75 Å². The fraction of sp³-hybridized carbons (Fsp3) is 0.235. The van der Waals surface area contributed by atoms with Crippen LogP contribution in [0.5, 0.6) is 0 Å². The maximum atomic E-state index is 12.2. The van der Waals surface area contributed by atoms with Crippen molar-refractivity contribution in [3.8, 4) is 0 Å². The van der Waals surface area contributed by atoms with Crippen LogP contribution in [-0.4, -0.2) is 20.1 Å². The van der Waals surface area contributed by atoms with Gasteiger partial charge in [0.1, 0.15) is 0 Å². The van der Waals surface area contributed by atoms with Crippen molar-refractivity contribution in [2.24, 2.45) is 0 Å². The van der Waals surface area contributed by atoms with Crippen molar-refractivity contribution in [1.82, 2.24) is 4.72 Å². The van der Waals surface area contributed by atoms with Crippen LogP contribution in [0.3, 0.4) is 0 Å². The van der Waals surface area contributed by atoms with Gasteiger partial charge in [0.2, 0.25) is 5.91 Å². The molecule has 6 heteroatoms. The summed E-state index contributed by atoms with van der Waals surface area (Å²) in [7, 11) is -3.80. The van der Waals surface area contributed by atoms with E-state index in [1.54, 1.807) is 12.1 Å². The number of sulfonamides is 1. The predicted octanol–water partition coefficient (Wildman–Crippen LogP) is 3.29. The number of aryl methyl sites for hydroxylation is 2. The second-order valence-electron chi connectivity index (χ2n) is 5.19. The molecule has 1 N–H and O–H groups in total. The first-order chi connectivity index (χ1) is 10.9. The van der Waals surface area contributed by atoms with Crippen molar-refractivity contribution < 1.29 is 13.2 Å². The van der Waals surface area contributed by atoms with Gasteiger partial charge in [-0.3, -0.25) is 4.79 Å². The van der Waals surface area contributed by atoms with Gasteiger partial charge >= 0.3 is 0 Å². The molecular weight excluding hydrogens is 330 g/mol. The number of hydrogen-bond acceptors (Lipinski definition) is 4. The molecule has 0 bridgehead atoms. The number of rotatable bonds is 6. The van der Waals surface area contributed by atoms with Gasteiger partial charge < -0.3 is 0 Å². The molecule has 23 heavy (non-hydrogen) atoms. The van der Waals surface area contributed by atoms with E-state index in [0.717, 1.165) is 16.0 Å². The lowest BCUT2D eigenvalue weighted by Crippen LogP contribution is -2.30. The van der Waals surface area contributed by atoms with Crippen molar-refractivity contribution in [1.29, 1.82) is 0 Å². The summed E-state index contributed by atoms with van der Waals surface area (Å²) in [5.74, 6) is 0.0322. The third kappa shape index (κ3) is 5.11. The van der Waals surface area contributed by atoms with Gasteiger partial charge in [-0.05, 0) is 49.2 Å². The molecule has 0 heterocycles. The summed E-state index contributed by atoms with van der Waals surface area (Å²) >= 11 is 1.52. The number of hydrogen-bond donors (Lipinski definition) is 1. The maximum absolute atomic E-state index is 12.2. The Morgan fingerprint density at radius 2 is 1.74 bits per heavy atom. The van der Waals surface area contributed by atoms with Gasteiger partial charge in [-0.2, -0.15) is 0 Å². The zero-order chi connectivity index (χ0) is 16.9. The maximum Gasteiger partial charge on any atom is 0.264 e. The van der Waals surface area contributed by atoms with Crippen LogP contribution in [-0.2, 0) is 14.8 Å². The fourth-order valence-corrected chi connectivity index (χ4v) is 3.89. The van der Waals surface area contributed by atoms with Gasteiger partial charge in [0, 0.05) is 17.1 Å². The summed E-state index contributed by atoms with van der Waals surface area (Å²) in [5, 5.41) is 0. The minimum atomic E-state index is -3.80. The van der Waals surface area contributed by atoms with Crippen LogP contribution in [0.25, 0.3) is 0 Å². The molecule has 0 saturated carbocycles. The molecule has 0 aliphatic heterocycles. The number of amides is 1. The van der Waals surface area contributed by atoms with Gasteiger partial charge in [-0.1, -0.05) is 24.3 Å². The van der Waals surface area contributed by atoms with E-state index < -0.39 is 15.9 Å². The van der Waals surface area contributed by atoms with Gasteiger partial charge in [0.05, 0.1) is 4.90 Å². The van der Waals surface area contributed by atoms with E-state index in [0.29, 0.717) is 5.75 Å². The highest BCUT2D eigenvalue weighted by molar-refractivity contribution is 7.99. The van der Waals surface area contributed by atoms with Gasteiger partial charge in [-0.15, -0.1) is 11.8 Å². The number of carbonyl (C=O) groups is 1. The summed E-state index contributed by atoms with van der Waals surface area (Å²) < 4.78 is 26.5. The fourth-order valence-electron chi connectivity index (χ4n) is 1.92. The normalized spacial score (nSPS) is 11.2. The quantitative estimate of drug-likeness (QED) is 0.813. The minimum Gasteiger partial charge on any atom is -0.274 e. The molecule has 0 aliphatic carbocycles. The first-order valence-corrected chi connectivity index (χ1v) is 9.66. The predicted molar refractivity (Wildman–Crippen MR) is 93.0 cm³/mol. The van der Waals surface area contributed by atoms with Crippen LogP contribution in [0, 0.1) is 13.8 Å². The van der Waals surface area contributed by atoms with Crippen LogP contribution in [0.1, 0.15) is 17.5 Å². The van der Waals surface area contributed by atoms with Gasteiger partial charge in [-0.25, -0.2) is 13.1 Å². The Hall–Kier alpha value is -1.79. The molecule has 0 fully saturated rings. The highest BCUT2D eigenvalue weighted by atomic mass is 32.2. The second kappa shape index (κ2) is 7.66. The SMILES string of the molecule is Cc1ccc(S(=O)(=O)NC(=O)CCSc2ccccc2)cc1C. The molecule has 0 saturated heterocycles. The standard InChI is InChI=1S/C17H19NO3S2/c1-13-8-9-16(12-14(13)2)23(20,21)18-17(19)10-11-22-15-6-4-3-5-7-15/h3-9,12H,10-11H2,1-2H3,(H,18,19). The van der Waals surface area contributed by atoms with Crippen LogP contribution in [0.15, 0.2) is 58.3 Å². The first-order valence-electron chi connectivity index (χ1n) is 7.19. The van der Waals surface area contributed by atoms with E-state index in [-0.39, 0.29) is 11.3 Å². The molecule has 0 unspecified atom stereocenters. The topological polar surface area (TPSA) is 63.2 Å². The molecule has 0 spiro atoms. The summed E-state index contributed by atoms with van der Waals surface area (Å²) in [6.07, 6.45) is 0.142. The monoisotopic (exact) mass is 349 g/mol. The van der Waals surface area contributed by atoms with Crippen LogP contribution >= 0.6 is 11.8 Å². The number of benzene rings is 2. The largest absolute Gasteiger partial charge is 0.274 e. The van der Waals surface area contributed by atoms with Crippen molar-refractivity contribution in [3.63, 3.8) is 0 Å². The molecule has 122 valence electrons. The first kappa shape index (κ1) is 17.6. The molecule has 2 aromatic carbocycles. The van der Waals surface area contributed by atoms with Gasteiger partial charge in [0.25, 0.3) is 10.0 Å². The molecule has 0 radical (unpaired) electrons. The smallest absolute Gasteiger partial charge is 0.264 e. The van der Waals surface area contributed by atoms with E-state index in [1.165, 1.54) is 17.8 Å². The third-order valence-corrected chi connectivity index (χ3v) is 5.76. The molecular formula is C17H19NO3S2. The van der Waals surface area contributed by atoms with E-state index in [9.17, 15) is 13.2 Å². The van der Waals surface area contributed by atoms with Crippen molar-refractivity contribution in [3.05, 3.63) is 59.7 Å². The van der Waals surface area contributed by atoms with E-state index in [1.807, 2.05) is 44.2 Å². The number of nitrogens with one attached hydrogen (secondary N) is 1. The Bertz CT molecular complexity index is 787. The van der Waals surface area contributed by atoms with Crippen molar-refractivity contribution >= 4 is 27.7 Å². The van der Waals surface area contributed by atoms with Crippen LogP contribution in [0.2, 0.25) is 0 Å². The lowest BCUT2D eigenvalue weighted by atomic mass is 10.1.